The number of nitrogens with one attached hydrogen (secondary N) is 2. The van der Waals surface area contributed by atoms with Crippen molar-refractivity contribution in [2.75, 3.05) is 18.4 Å². The van der Waals surface area contributed by atoms with Crippen LogP contribution in [0.2, 0.25) is 0 Å². The number of anilines is 1. The number of nitrogens with zero attached hydrogens (tertiary/aromatic N) is 2. The van der Waals surface area contributed by atoms with Gasteiger partial charge in [0.05, 0.1) is 4.90 Å². The molecule has 0 unspecified atom stereocenters. The Bertz CT molecular complexity index is 1100. The molecule has 2 aromatic rings. The number of hydrogen-bond acceptors (Lipinski definition) is 5. The van der Waals surface area contributed by atoms with E-state index in [1.807, 2.05) is 19.9 Å². The van der Waals surface area contributed by atoms with Crippen LogP contribution in [0.5, 0.6) is 0 Å². The third-order valence-corrected chi connectivity index (χ3v) is 6.66. The summed E-state index contributed by atoms with van der Waals surface area (Å²) in [6.45, 7) is 7.30. The van der Waals surface area contributed by atoms with E-state index in [0.29, 0.717) is 5.69 Å². The van der Waals surface area contributed by atoms with E-state index in [1.165, 1.54) is 10.4 Å². The summed E-state index contributed by atoms with van der Waals surface area (Å²) in [5.74, 6) is -0.754. The maximum Gasteiger partial charge on any atom is 0.325 e. The molecule has 0 bridgehead atoms. The summed E-state index contributed by atoms with van der Waals surface area (Å²) in [5, 5.41) is 4.68. The lowest BCUT2D eigenvalue weighted by atomic mass is 10.1. The highest BCUT2D eigenvalue weighted by Crippen LogP contribution is 2.14. The minimum atomic E-state index is -3.79. The van der Waals surface area contributed by atoms with Gasteiger partial charge in [0.2, 0.25) is 15.9 Å². The van der Waals surface area contributed by atoms with Crippen molar-refractivity contribution in [1.82, 2.24) is 14.2 Å². The summed E-state index contributed by atoms with van der Waals surface area (Å²) in [6, 6.07) is 6.86. The Kier molecular flexibility index (Phi) is 7.52. The van der Waals surface area contributed by atoms with Gasteiger partial charge in [0, 0.05) is 31.0 Å². The topological polar surface area (TPSA) is 118 Å². The summed E-state index contributed by atoms with van der Waals surface area (Å²) < 4.78 is 27.4. The molecule has 0 radical (unpaired) electrons. The monoisotopic (exact) mass is 434 g/mol. The molecule has 10 heteroatoms. The molecule has 2 N–H and O–H groups in total. The van der Waals surface area contributed by atoms with E-state index in [0.717, 1.165) is 28.0 Å². The van der Waals surface area contributed by atoms with Gasteiger partial charge in [-0.3, -0.25) is 14.9 Å². The number of rotatable bonds is 7. The van der Waals surface area contributed by atoms with Gasteiger partial charge in [0.25, 0.3) is 5.56 Å². The molecule has 0 aliphatic heterocycles. The number of pyridine rings is 1. The number of imide groups is 1. The van der Waals surface area contributed by atoms with Crippen molar-refractivity contribution in [3.8, 4) is 0 Å². The van der Waals surface area contributed by atoms with Crippen LogP contribution in [-0.2, 0) is 21.4 Å². The van der Waals surface area contributed by atoms with E-state index in [9.17, 15) is 22.8 Å². The number of carbonyl (C=O) groups excluding carboxylic acids is 2. The fourth-order valence-corrected chi connectivity index (χ4v) is 4.28. The normalized spacial score (nSPS) is 11.4. The van der Waals surface area contributed by atoms with Crippen LogP contribution >= 0.6 is 0 Å². The number of aromatic nitrogens is 1. The molecule has 0 aliphatic rings. The standard InChI is InChI=1S/C20H26N4O5S/c1-5-24(6-2)30(28,29)17-9-10-19(26)23(12-17)13-18(25)22-20(27)21-16-8-7-14(3)15(4)11-16/h7-12H,5-6,13H2,1-4H3,(H2,21,22,25,27). The molecule has 162 valence electrons. The maximum absolute atomic E-state index is 12.6. The zero-order valence-electron chi connectivity index (χ0n) is 17.4. The van der Waals surface area contributed by atoms with Crippen molar-refractivity contribution in [3.63, 3.8) is 0 Å². The second kappa shape index (κ2) is 9.68. The second-order valence-electron chi connectivity index (χ2n) is 6.72. The number of carbonyl (C=O) groups is 2. The third kappa shape index (κ3) is 5.55. The van der Waals surface area contributed by atoms with E-state index in [-0.39, 0.29) is 18.0 Å². The van der Waals surface area contributed by atoms with Gasteiger partial charge in [-0.2, -0.15) is 4.31 Å². The summed E-state index contributed by atoms with van der Waals surface area (Å²) in [7, 11) is -3.79. The number of sulfonamides is 1. The smallest absolute Gasteiger partial charge is 0.308 e. The average molecular weight is 435 g/mol. The van der Waals surface area contributed by atoms with Crippen molar-refractivity contribution in [1.29, 1.82) is 0 Å². The van der Waals surface area contributed by atoms with Crippen LogP contribution < -0.4 is 16.2 Å². The molecule has 2 rings (SSSR count). The molecule has 3 amide bonds. The molecule has 0 aliphatic carbocycles. The Morgan fingerprint density at radius 3 is 2.30 bits per heavy atom. The zero-order chi connectivity index (χ0) is 22.5. The molecule has 0 fully saturated rings. The van der Waals surface area contributed by atoms with Gasteiger partial charge < -0.3 is 9.88 Å². The molecule has 0 atom stereocenters. The first-order valence-corrected chi connectivity index (χ1v) is 10.9. The summed E-state index contributed by atoms with van der Waals surface area (Å²) in [6.07, 6.45) is 1.11. The van der Waals surface area contributed by atoms with Gasteiger partial charge >= 0.3 is 6.03 Å². The van der Waals surface area contributed by atoms with Crippen LogP contribution in [-0.4, -0.2) is 42.3 Å². The number of urea groups is 1. The molecule has 0 saturated carbocycles. The van der Waals surface area contributed by atoms with Gasteiger partial charge in [-0.15, -0.1) is 0 Å². The van der Waals surface area contributed by atoms with Crippen LogP contribution in [0, 0.1) is 13.8 Å². The fraction of sp³-hybridized carbons (Fsp3) is 0.350. The minimum absolute atomic E-state index is 0.0989. The third-order valence-electron chi connectivity index (χ3n) is 4.63. The van der Waals surface area contributed by atoms with Gasteiger partial charge in [0.15, 0.2) is 0 Å². The van der Waals surface area contributed by atoms with Crippen LogP contribution in [0.4, 0.5) is 10.5 Å². The van der Waals surface area contributed by atoms with Crippen molar-refractivity contribution < 1.29 is 18.0 Å². The maximum atomic E-state index is 12.6. The predicted molar refractivity (Wildman–Crippen MR) is 114 cm³/mol. The molecule has 0 saturated heterocycles. The zero-order valence-corrected chi connectivity index (χ0v) is 18.2. The molecule has 0 spiro atoms. The second-order valence-corrected chi connectivity index (χ2v) is 8.66. The Morgan fingerprint density at radius 2 is 1.70 bits per heavy atom. The first-order valence-electron chi connectivity index (χ1n) is 9.47. The lowest BCUT2D eigenvalue weighted by Gasteiger charge is -2.19. The van der Waals surface area contributed by atoms with E-state index in [2.05, 4.69) is 10.6 Å². The van der Waals surface area contributed by atoms with Gasteiger partial charge in [-0.1, -0.05) is 19.9 Å². The molecule has 1 aromatic heterocycles. The van der Waals surface area contributed by atoms with Crippen molar-refractivity contribution >= 4 is 27.6 Å². The van der Waals surface area contributed by atoms with Crippen molar-refractivity contribution in [2.24, 2.45) is 0 Å². The van der Waals surface area contributed by atoms with Crippen LogP contribution in [0.3, 0.4) is 0 Å². The largest absolute Gasteiger partial charge is 0.325 e. The highest BCUT2D eigenvalue weighted by molar-refractivity contribution is 7.89. The van der Waals surface area contributed by atoms with E-state index in [1.54, 1.807) is 26.0 Å². The average Bonchev–Trinajstić information content (AvgIpc) is 2.67. The first-order chi connectivity index (χ1) is 14.1. The lowest BCUT2D eigenvalue weighted by Crippen LogP contribution is -2.38. The van der Waals surface area contributed by atoms with E-state index in [4.69, 9.17) is 0 Å². The quantitative estimate of drug-likeness (QED) is 0.690. The van der Waals surface area contributed by atoms with Gasteiger partial charge in [0.1, 0.15) is 6.54 Å². The Morgan fingerprint density at radius 1 is 1.03 bits per heavy atom. The molecular formula is C20H26N4O5S. The minimum Gasteiger partial charge on any atom is -0.308 e. The number of hydrogen-bond donors (Lipinski definition) is 2. The van der Waals surface area contributed by atoms with E-state index >= 15 is 0 Å². The predicted octanol–water partition coefficient (Wildman–Crippen LogP) is 1.84. The number of aryl methyl sites for hydroxylation is 2. The Hall–Kier alpha value is -2.98. The number of benzene rings is 1. The summed E-state index contributed by atoms with van der Waals surface area (Å²) in [5.41, 5.74) is 2.01. The molecule has 30 heavy (non-hydrogen) atoms. The highest BCUT2D eigenvalue weighted by atomic mass is 32.2. The fourth-order valence-electron chi connectivity index (χ4n) is 2.80. The summed E-state index contributed by atoms with van der Waals surface area (Å²) >= 11 is 0. The van der Waals surface area contributed by atoms with Crippen LogP contribution in [0.1, 0.15) is 25.0 Å². The highest BCUT2D eigenvalue weighted by Gasteiger charge is 2.22. The lowest BCUT2D eigenvalue weighted by molar-refractivity contribution is -0.120. The Labute approximate surface area is 175 Å². The van der Waals surface area contributed by atoms with Gasteiger partial charge in [-0.05, 0) is 43.2 Å². The SMILES string of the molecule is CCN(CC)S(=O)(=O)c1ccc(=O)n(CC(=O)NC(=O)Nc2ccc(C)c(C)c2)c1. The van der Waals surface area contributed by atoms with Crippen LogP contribution in [0.25, 0.3) is 0 Å². The first kappa shape index (κ1) is 23.3. The summed E-state index contributed by atoms with van der Waals surface area (Å²) in [4.78, 5) is 36.2. The number of amides is 3. The van der Waals surface area contributed by atoms with Crippen LogP contribution in [0.15, 0.2) is 46.2 Å². The molecule has 1 heterocycles. The Balaban J connectivity index is 2.11. The molecular weight excluding hydrogens is 408 g/mol. The van der Waals surface area contributed by atoms with E-state index < -0.39 is 34.1 Å². The van der Waals surface area contributed by atoms with Gasteiger partial charge in [-0.25, -0.2) is 13.2 Å². The molecule has 9 nitrogen and oxygen atoms in total. The molecule has 1 aromatic carbocycles. The van der Waals surface area contributed by atoms with Crippen molar-refractivity contribution in [2.45, 2.75) is 39.1 Å². The van der Waals surface area contributed by atoms with Crippen molar-refractivity contribution in [3.05, 3.63) is 58.0 Å².